The molecule has 0 saturated carbocycles. The van der Waals surface area contributed by atoms with Gasteiger partial charge in [0.05, 0.1) is 7.11 Å². The van der Waals surface area contributed by atoms with Crippen molar-refractivity contribution in [3.63, 3.8) is 0 Å². The summed E-state index contributed by atoms with van der Waals surface area (Å²) in [6.45, 7) is 3.49. The minimum atomic E-state index is -0.721. The number of esters is 1. The molecule has 0 aliphatic heterocycles. The highest BCUT2D eigenvalue weighted by molar-refractivity contribution is 5.84. The first-order chi connectivity index (χ1) is 9.51. The summed E-state index contributed by atoms with van der Waals surface area (Å²) in [5.41, 5.74) is 0. The topological polar surface area (TPSA) is 72.5 Å². The van der Waals surface area contributed by atoms with Crippen molar-refractivity contribution in [1.82, 2.24) is 5.32 Å². The first-order valence-electron chi connectivity index (χ1n) is 7.37. The summed E-state index contributed by atoms with van der Waals surface area (Å²) in [6.07, 6.45) is 6.70. The molecule has 0 saturated heterocycles. The molecule has 1 N–H and O–H groups in total. The number of rotatable bonds is 11. The van der Waals surface area contributed by atoms with Gasteiger partial charge in [-0.25, -0.2) is 4.79 Å². The summed E-state index contributed by atoms with van der Waals surface area (Å²) in [6, 6.07) is -0.721. The van der Waals surface area contributed by atoms with Crippen LogP contribution in [0, 0.1) is 0 Å². The molecular formula is C15H27NO4. The van der Waals surface area contributed by atoms with Gasteiger partial charge in [-0.05, 0) is 12.8 Å². The van der Waals surface area contributed by atoms with E-state index in [0.29, 0.717) is 19.3 Å². The molecule has 0 heterocycles. The quantitative estimate of drug-likeness (QED) is 0.467. The molecule has 0 bridgehead atoms. The van der Waals surface area contributed by atoms with Crippen LogP contribution in [-0.2, 0) is 19.1 Å². The molecule has 0 aromatic rings. The van der Waals surface area contributed by atoms with Gasteiger partial charge < -0.3 is 10.1 Å². The van der Waals surface area contributed by atoms with E-state index in [9.17, 15) is 14.4 Å². The average Bonchev–Trinajstić information content (AvgIpc) is 2.41. The highest BCUT2D eigenvalue weighted by atomic mass is 16.5. The number of hydrogen-bond donors (Lipinski definition) is 1. The first-order valence-corrected chi connectivity index (χ1v) is 7.37. The van der Waals surface area contributed by atoms with Crippen molar-refractivity contribution in [3.8, 4) is 0 Å². The van der Waals surface area contributed by atoms with E-state index in [1.807, 2.05) is 0 Å². The summed E-state index contributed by atoms with van der Waals surface area (Å²) in [4.78, 5) is 34.1. The molecular weight excluding hydrogens is 258 g/mol. The van der Waals surface area contributed by atoms with Crippen LogP contribution in [0.5, 0.6) is 0 Å². The number of Topliss-reactive ketones (excluding diaryl/α,β-unsaturated/α-hetero) is 1. The van der Waals surface area contributed by atoms with Crippen molar-refractivity contribution in [2.45, 2.75) is 71.3 Å². The predicted molar refractivity (Wildman–Crippen MR) is 77.2 cm³/mol. The van der Waals surface area contributed by atoms with Gasteiger partial charge in [0.15, 0.2) is 0 Å². The maximum atomic E-state index is 11.7. The molecule has 116 valence electrons. The van der Waals surface area contributed by atoms with E-state index in [0.717, 1.165) is 12.8 Å². The van der Waals surface area contributed by atoms with Crippen LogP contribution in [0.25, 0.3) is 0 Å². The Balaban J connectivity index is 3.92. The average molecular weight is 285 g/mol. The molecule has 0 spiro atoms. The SMILES string of the molecule is CCCCCCCC(=O)CCC(NC(C)=O)C(=O)OC. The summed E-state index contributed by atoms with van der Waals surface area (Å²) in [5.74, 6) is -0.663. The third-order valence-corrected chi connectivity index (χ3v) is 3.13. The summed E-state index contributed by atoms with van der Waals surface area (Å²) in [5, 5.41) is 2.50. The molecule has 0 aromatic carbocycles. The van der Waals surface area contributed by atoms with E-state index in [1.165, 1.54) is 33.3 Å². The fraction of sp³-hybridized carbons (Fsp3) is 0.800. The molecule has 1 unspecified atom stereocenters. The zero-order valence-electron chi connectivity index (χ0n) is 12.9. The van der Waals surface area contributed by atoms with Crippen molar-refractivity contribution >= 4 is 17.7 Å². The van der Waals surface area contributed by atoms with Gasteiger partial charge in [0.25, 0.3) is 0 Å². The third kappa shape index (κ3) is 9.53. The van der Waals surface area contributed by atoms with E-state index in [1.54, 1.807) is 0 Å². The lowest BCUT2D eigenvalue weighted by molar-refractivity contribution is -0.145. The molecule has 20 heavy (non-hydrogen) atoms. The Kier molecular flexibility index (Phi) is 10.6. The number of ether oxygens (including phenoxy) is 1. The second-order valence-electron chi connectivity index (χ2n) is 5.02. The Labute approximate surface area is 121 Å². The van der Waals surface area contributed by atoms with Gasteiger partial charge in [-0.2, -0.15) is 0 Å². The van der Waals surface area contributed by atoms with Crippen LogP contribution in [0.15, 0.2) is 0 Å². The molecule has 5 heteroatoms. The van der Waals surface area contributed by atoms with E-state index in [-0.39, 0.29) is 11.7 Å². The molecule has 1 atom stereocenters. The van der Waals surface area contributed by atoms with Crippen LogP contribution in [0.1, 0.15) is 65.2 Å². The fourth-order valence-corrected chi connectivity index (χ4v) is 1.99. The lowest BCUT2D eigenvalue weighted by Crippen LogP contribution is -2.40. The molecule has 0 radical (unpaired) electrons. The number of unbranched alkanes of at least 4 members (excludes halogenated alkanes) is 4. The van der Waals surface area contributed by atoms with Gasteiger partial charge >= 0.3 is 5.97 Å². The summed E-state index contributed by atoms with van der Waals surface area (Å²) >= 11 is 0. The fourth-order valence-electron chi connectivity index (χ4n) is 1.99. The van der Waals surface area contributed by atoms with Crippen LogP contribution in [-0.4, -0.2) is 30.8 Å². The number of carbonyl (C=O) groups excluding carboxylic acids is 3. The molecule has 0 aliphatic carbocycles. The largest absolute Gasteiger partial charge is 0.467 e. The zero-order valence-corrected chi connectivity index (χ0v) is 12.9. The number of methoxy groups -OCH3 is 1. The second-order valence-corrected chi connectivity index (χ2v) is 5.02. The Morgan fingerprint density at radius 3 is 2.25 bits per heavy atom. The highest BCUT2D eigenvalue weighted by Crippen LogP contribution is 2.09. The molecule has 0 aromatic heterocycles. The molecule has 0 fully saturated rings. The highest BCUT2D eigenvalue weighted by Gasteiger charge is 2.20. The third-order valence-electron chi connectivity index (χ3n) is 3.13. The number of amides is 1. The Morgan fingerprint density at radius 1 is 1.05 bits per heavy atom. The minimum Gasteiger partial charge on any atom is -0.467 e. The van der Waals surface area contributed by atoms with Gasteiger partial charge in [0.1, 0.15) is 11.8 Å². The van der Waals surface area contributed by atoms with Crippen LogP contribution in [0.4, 0.5) is 0 Å². The first kappa shape index (κ1) is 18.6. The maximum absolute atomic E-state index is 11.7. The van der Waals surface area contributed by atoms with Crippen LogP contribution < -0.4 is 5.32 Å². The van der Waals surface area contributed by atoms with E-state index in [4.69, 9.17) is 0 Å². The van der Waals surface area contributed by atoms with Crippen LogP contribution in [0.2, 0.25) is 0 Å². The number of carbonyl (C=O) groups is 3. The van der Waals surface area contributed by atoms with Gasteiger partial charge in [0, 0.05) is 19.8 Å². The second kappa shape index (κ2) is 11.4. The number of ketones is 1. The van der Waals surface area contributed by atoms with E-state index < -0.39 is 12.0 Å². The molecule has 0 rings (SSSR count). The summed E-state index contributed by atoms with van der Waals surface area (Å²) in [7, 11) is 1.27. The number of hydrogen-bond acceptors (Lipinski definition) is 4. The Morgan fingerprint density at radius 2 is 1.70 bits per heavy atom. The maximum Gasteiger partial charge on any atom is 0.328 e. The predicted octanol–water partition coefficient (Wildman–Crippen LogP) is 2.37. The van der Waals surface area contributed by atoms with Crippen LogP contribution >= 0.6 is 0 Å². The van der Waals surface area contributed by atoms with Crippen molar-refractivity contribution in [1.29, 1.82) is 0 Å². The van der Waals surface area contributed by atoms with Gasteiger partial charge in [-0.15, -0.1) is 0 Å². The molecule has 0 aliphatic rings. The summed E-state index contributed by atoms with van der Waals surface area (Å²) < 4.78 is 4.61. The van der Waals surface area contributed by atoms with Crippen LogP contribution in [0.3, 0.4) is 0 Å². The molecule has 1 amide bonds. The normalized spacial score (nSPS) is 11.8. The lowest BCUT2D eigenvalue weighted by Gasteiger charge is -2.14. The minimum absolute atomic E-state index is 0.140. The van der Waals surface area contributed by atoms with Crippen molar-refractivity contribution in [3.05, 3.63) is 0 Å². The smallest absolute Gasteiger partial charge is 0.328 e. The Bertz CT molecular complexity index is 315. The van der Waals surface area contributed by atoms with Gasteiger partial charge in [0.2, 0.25) is 5.91 Å². The number of nitrogens with one attached hydrogen (secondary N) is 1. The molecule has 5 nitrogen and oxygen atoms in total. The van der Waals surface area contributed by atoms with E-state index in [2.05, 4.69) is 17.0 Å². The van der Waals surface area contributed by atoms with Crippen molar-refractivity contribution in [2.75, 3.05) is 7.11 Å². The van der Waals surface area contributed by atoms with Gasteiger partial charge in [-0.3, -0.25) is 9.59 Å². The Hall–Kier alpha value is -1.39. The standard InChI is InChI=1S/C15H27NO4/c1-4-5-6-7-8-9-13(18)10-11-14(15(19)20-3)16-12(2)17/h14H,4-11H2,1-3H3,(H,16,17). The zero-order chi connectivity index (χ0) is 15.4. The van der Waals surface area contributed by atoms with Crippen molar-refractivity contribution < 1.29 is 19.1 Å². The lowest BCUT2D eigenvalue weighted by atomic mass is 10.0. The monoisotopic (exact) mass is 285 g/mol. The van der Waals surface area contributed by atoms with Gasteiger partial charge in [-0.1, -0.05) is 32.6 Å². The van der Waals surface area contributed by atoms with E-state index >= 15 is 0 Å². The van der Waals surface area contributed by atoms with Crippen molar-refractivity contribution in [2.24, 2.45) is 0 Å².